The maximum absolute atomic E-state index is 9.30. The monoisotopic (exact) mass is 249 g/mol. The van der Waals surface area contributed by atoms with Crippen molar-refractivity contribution in [2.24, 2.45) is 0 Å². The standard InChI is InChI=1S/C14H23N3O/c1-11-10-15-12(2)14(16-11)17(8-9-18)13-6-4-3-5-7-13/h10,13,18H,3-9H2,1-2H3. The van der Waals surface area contributed by atoms with E-state index in [0.29, 0.717) is 12.6 Å². The third-order valence-electron chi connectivity index (χ3n) is 3.68. The Labute approximate surface area is 109 Å². The third kappa shape index (κ3) is 2.99. The molecular weight excluding hydrogens is 226 g/mol. The van der Waals surface area contributed by atoms with Crippen molar-refractivity contribution in [1.29, 1.82) is 0 Å². The van der Waals surface area contributed by atoms with Crippen LogP contribution in [0.15, 0.2) is 6.20 Å². The lowest BCUT2D eigenvalue weighted by Gasteiger charge is -2.35. The molecular formula is C14H23N3O. The highest BCUT2D eigenvalue weighted by Gasteiger charge is 2.23. The molecule has 1 N–H and O–H groups in total. The van der Waals surface area contributed by atoms with E-state index >= 15 is 0 Å². The lowest BCUT2D eigenvalue weighted by Crippen LogP contribution is -2.40. The second-order valence-corrected chi connectivity index (χ2v) is 5.13. The molecule has 1 saturated carbocycles. The Morgan fingerprint density at radius 2 is 2.00 bits per heavy atom. The predicted octanol–water partition coefficient (Wildman–Crippen LogP) is 2.22. The van der Waals surface area contributed by atoms with Crippen molar-refractivity contribution >= 4 is 5.82 Å². The Balaban J connectivity index is 2.24. The predicted molar refractivity (Wildman–Crippen MR) is 72.8 cm³/mol. The van der Waals surface area contributed by atoms with Crippen molar-refractivity contribution in [2.45, 2.75) is 52.0 Å². The highest BCUT2D eigenvalue weighted by Crippen LogP contribution is 2.27. The number of aromatic nitrogens is 2. The molecule has 0 bridgehead atoms. The number of nitrogens with zero attached hydrogens (tertiary/aromatic N) is 3. The van der Waals surface area contributed by atoms with Gasteiger partial charge in [0, 0.05) is 18.8 Å². The summed E-state index contributed by atoms with van der Waals surface area (Å²) in [6.45, 7) is 4.79. The minimum absolute atomic E-state index is 0.172. The fraction of sp³-hybridized carbons (Fsp3) is 0.714. The Hall–Kier alpha value is -1.16. The van der Waals surface area contributed by atoms with E-state index in [9.17, 15) is 5.11 Å². The van der Waals surface area contributed by atoms with E-state index in [0.717, 1.165) is 17.2 Å². The van der Waals surface area contributed by atoms with Crippen LogP contribution in [0.5, 0.6) is 0 Å². The van der Waals surface area contributed by atoms with Gasteiger partial charge in [-0.25, -0.2) is 4.98 Å². The van der Waals surface area contributed by atoms with E-state index in [1.165, 1.54) is 32.1 Å². The van der Waals surface area contributed by atoms with Crippen molar-refractivity contribution in [3.63, 3.8) is 0 Å². The highest BCUT2D eigenvalue weighted by molar-refractivity contribution is 5.44. The molecule has 18 heavy (non-hydrogen) atoms. The molecule has 1 aromatic heterocycles. The summed E-state index contributed by atoms with van der Waals surface area (Å²) in [5.74, 6) is 0.955. The average Bonchev–Trinajstić information content (AvgIpc) is 2.40. The molecule has 0 radical (unpaired) electrons. The molecule has 0 unspecified atom stereocenters. The summed E-state index contributed by atoms with van der Waals surface area (Å²) in [4.78, 5) is 11.3. The molecule has 0 amide bonds. The van der Waals surface area contributed by atoms with Gasteiger partial charge in [0.15, 0.2) is 5.82 Å². The second-order valence-electron chi connectivity index (χ2n) is 5.13. The maximum atomic E-state index is 9.30. The molecule has 4 heteroatoms. The number of anilines is 1. The van der Waals surface area contributed by atoms with E-state index in [1.807, 2.05) is 13.8 Å². The zero-order valence-electron chi connectivity index (χ0n) is 11.4. The highest BCUT2D eigenvalue weighted by atomic mass is 16.3. The van der Waals surface area contributed by atoms with Crippen LogP contribution < -0.4 is 4.90 Å². The average molecular weight is 249 g/mol. The molecule has 0 aliphatic heterocycles. The topological polar surface area (TPSA) is 49.2 Å². The van der Waals surface area contributed by atoms with Crippen LogP contribution in [0, 0.1) is 13.8 Å². The zero-order chi connectivity index (χ0) is 13.0. The first-order valence-electron chi connectivity index (χ1n) is 6.90. The van der Waals surface area contributed by atoms with Crippen molar-refractivity contribution in [3.05, 3.63) is 17.6 Å². The van der Waals surface area contributed by atoms with Crippen molar-refractivity contribution in [1.82, 2.24) is 9.97 Å². The van der Waals surface area contributed by atoms with Crippen LogP contribution in [0.4, 0.5) is 5.82 Å². The van der Waals surface area contributed by atoms with Crippen LogP contribution in [0.2, 0.25) is 0 Å². The quantitative estimate of drug-likeness (QED) is 0.889. The van der Waals surface area contributed by atoms with Gasteiger partial charge in [0.25, 0.3) is 0 Å². The number of aliphatic hydroxyl groups is 1. The molecule has 0 spiro atoms. The molecule has 1 heterocycles. The van der Waals surface area contributed by atoms with Gasteiger partial charge in [-0.1, -0.05) is 19.3 Å². The minimum atomic E-state index is 0.172. The fourth-order valence-electron chi connectivity index (χ4n) is 2.76. The minimum Gasteiger partial charge on any atom is -0.395 e. The van der Waals surface area contributed by atoms with Gasteiger partial charge in [-0.05, 0) is 26.7 Å². The molecule has 2 rings (SSSR count). The van der Waals surface area contributed by atoms with Gasteiger partial charge in [-0.3, -0.25) is 4.98 Å². The number of hydrogen-bond donors (Lipinski definition) is 1. The number of aliphatic hydroxyl groups excluding tert-OH is 1. The Morgan fingerprint density at radius 3 is 2.67 bits per heavy atom. The first kappa shape index (κ1) is 13.3. The van der Waals surface area contributed by atoms with Crippen LogP contribution in [-0.2, 0) is 0 Å². The molecule has 1 aliphatic rings. The van der Waals surface area contributed by atoms with E-state index in [4.69, 9.17) is 0 Å². The zero-order valence-corrected chi connectivity index (χ0v) is 11.4. The van der Waals surface area contributed by atoms with Crippen LogP contribution >= 0.6 is 0 Å². The van der Waals surface area contributed by atoms with Gasteiger partial charge in [-0.15, -0.1) is 0 Å². The van der Waals surface area contributed by atoms with E-state index in [-0.39, 0.29) is 6.61 Å². The van der Waals surface area contributed by atoms with Gasteiger partial charge in [-0.2, -0.15) is 0 Å². The van der Waals surface area contributed by atoms with E-state index in [2.05, 4.69) is 14.9 Å². The molecule has 1 aliphatic carbocycles. The molecule has 0 aromatic carbocycles. The second kappa shape index (κ2) is 6.14. The normalized spacial score (nSPS) is 16.8. The van der Waals surface area contributed by atoms with Gasteiger partial charge in [0.05, 0.1) is 18.0 Å². The number of aryl methyl sites for hydroxylation is 2. The van der Waals surface area contributed by atoms with Gasteiger partial charge in [0.2, 0.25) is 0 Å². The Kier molecular flexibility index (Phi) is 4.53. The molecule has 100 valence electrons. The number of hydrogen-bond acceptors (Lipinski definition) is 4. The summed E-state index contributed by atoms with van der Waals surface area (Å²) in [6, 6.07) is 0.515. The summed E-state index contributed by atoms with van der Waals surface area (Å²) >= 11 is 0. The lowest BCUT2D eigenvalue weighted by molar-refractivity contribution is 0.289. The smallest absolute Gasteiger partial charge is 0.150 e. The number of rotatable bonds is 4. The lowest BCUT2D eigenvalue weighted by atomic mass is 9.94. The summed E-state index contributed by atoms with van der Waals surface area (Å²) in [6.07, 6.45) is 8.11. The third-order valence-corrected chi connectivity index (χ3v) is 3.68. The maximum Gasteiger partial charge on any atom is 0.150 e. The Bertz CT molecular complexity index is 389. The molecule has 0 saturated heterocycles. The van der Waals surface area contributed by atoms with Crippen LogP contribution in [0.25, 0.3) is 0 Å². The largest absolute Gasteiger partial charge is 0.395 e. The molecule has 0 atom stereocenters. The van der Waals surface area contributed by atoms with Gasteiger partial charge in [0.1, 0.15) is 0 Å². The van der Waals surface area contributed by atoms with Crippen LogP contribution in [0.3, 0.4) is 0 Å². The SMILES string of the molecule is Cc1cnc(C)c(N(CCO)C2CCCCC2)n1. The van der Waals surface area contributed by atoms with Gasteiger partial charge >= 0.3 is 0 Å². The first-order chi connectivity index (χ1) is 8.72. The molecule has 1 aromatic rings. The molecule has 1 fully saturated rings. The van der Waals surface area contributed by atoms with Crippen LogP contribution in [0.1, 0.15) is 43.5 Å². The summed E-state index contributed by atoms with van der Waals surface area (Å²) < 4.78 is 0. The summed E-state index contributed by atoms with van der Waals surface area (Å²) in [7, 11) is 0. The summed E-state index contributed by atoms with van der Waals surface area (Å²) in [5, 5.41) is 9.30. The first-order valence-corrected chi connectivity index (χ1v) is 6.90. The summed E-state index contributed by atoms with van der Waals surface area (Å²) in [5.41, 5.74) is 1.90. The molecule has 4 nitrogen and oxygen atoms in total. The van der Waals surface area contributed by atoms with Crippen molar-refractivity contribution in [3.8, 4) is 0 Å². The van der Waals surface area contributed by atoms with Gasteiger partial charge < -0.3 is 10.0 Å². The Morgan fingerprint density at radius 1 is 1.28 bits per heavy atom. The van der Waals surface area contributed by atoms with E-state index in [1.54, 1.807) is 6.20 Å². The van der Waals surface area contributed by atoms with Crippen LogP contribution in [-0.4, -0.2) is 34.3 Å². The van der Waals surface area contributed by atoms with Crippen molar-refractivity contribution < 1.29 is 5.11 Å². The fourth-order valence-corrected chi connectivity index (χ4v) is 2.76. The van der Waals surface area contributed by atoms with Crippen molar-refractivity contribution in [2.75, 3.05) is 18.1 Å². The van der Waals surface area contributed by atoms with E-state index < -0.39 is 0 Å².